The number of halogens is 1. The van der Waals surface area contributed by atoms with Crippen LogP contribution in [0.15, 0.2) is 39.1 Å². The van der Waals surface area contributed by atoms with Gasteiger partial charge in [-0.2, -0.15) is 0 Å². The second-order valence-electron chi connectivity index (χ2n) is 7.59. The third-order valence-electron chi connectivity index (χ3n) is 5.33. The molecule has 2 heterocycles. The number of amides is 1. The minimum atomic E-state index is -0.466. The maximum Gasteiger partial charge on any atom is 0.268 e. The molecule has 1 fully saturated rings. The highest BCUT2D eigenvalue weighted by atomic mass is 32.2. The molecule has 2 aromatic rings. The first-order valence-corrected chi connectivity index (χ1v) is 11.9. The van der Waals surface area contributed by atoms with Crippen molar-refractivity contribution in [1.82, 2.24) is 9.55 Å². The van der Waals surface area contributed by atoms with Gasteiger partial charge in [0.2, 0.25) is 5.91 Å². The van der Waals surface area contributed by atoms with Crippen LogP contribution < -0.4 is 10.9 Å². The van der Waals surface area contributed by atoms with E-state index in [0.717, 1.165) is 42.7 Å². The van der Waals surface area contributed by atoms with Gasteiger partial charge in [-0.1, -0.05) is 50.1 Å². The zero-order chi connectivity index (χ0) is 20.4. The Kier molecular flexibility index (Phi) is 6.29. The molecule has 2 aliphatic rings. The summed E-state index contributed by atoms with van der Waals surface area (Å²) in [4.78, 5) is 31.2. The van der Waals surface area contributed by atoms with Gasteiger partial charge in [0.1, 0.15) is 5.82 Å². The second-order valence-corrected chi connectivity index (χ2v) is 9.98. The average molecular weight is 434 g/mol. The van der Waals surface area contributed by atoms with Crippen LogP contribution in [0.3, 0.4) is 0 Å². The van der Waals surface area contributed by atoms with Crippen molar-refractivity contribution in [1.29, 1.82) is 0 Å². The van der Waals surface area contributed by atoms with Gasteiger partial charge in [-0.25, -0.2) is 9.37 Å². The fraction of sp³-hybridized carbons (Fsp3) is 0.476. The van der Waals surface area contributed by atoms with Crippen LogP contribution in [-0.2, 0) is 11.2 Å². The number of hydrogen-bond acceptors (Lipinski definition) is 5. The number of fused-ring (bicyclic) bond motifs is 1. The molecule has 1 aliphatic carbocycles. The summed E-state index contributed by atoms with van der Waals surface area (Å²) in [5.74, 6) is -0.700. The van der Waals surface area contributed by atoms with E-state index in [1.165, 1.54) is 30.3 Å². The minimum absolute atomic E-state index is 0.0354. The van der Waals surface area contributed by atoms with Crippen LogP contribution in [-0.4, -0.2) is 26.5 Å². The monoisotopic (exact) mass is 433 g/mol. The van der Waals surface area contributed by atoms with Gasteiger partial charge in [-0.3, -0.25) is 14.2 Å². The normalized spacial score (nSPS) is 19.2. The molecule has 5 nitrogen and oxygen atoms in total. The summed E-state index contributed by atoms with van der Waals surface area (Å²) in [6.07, 6.45) is 6.12. The number of hydrogen-bond donors (Lipinski definition) is 1. The SMILES string of the molecule is CC1Cc2nc(SCC(=O)Nc3ccccc3F)n(C3CCCCC3)c(=O)c2S1. The second kappa shape index (κ2) is 8.92. The van der Waals surface area contributed by atoms with Crippen molar-refractivity contribution in [3.63, 3.8) is 0 Å². The van der Waals surface area contributed by atoms with Crippen LogP contribution in [0, 0.1) is 5.82 Å². The van der Waals surface area contributed by atoms with E-state index in [9.17, 15) is 14.0 Å². The summed E-state index contributed by atoms with van der Waals surface area (Å²) < 4.78 is 15.6. The van der Waals surface area contributed by atoms with E-state index in [0.29, 0.717) is 10.4 Å². The van der Waals surface area contributed by atoms with Gasteiger partial charge in [-0.05, 0) is 25.0 Å². The number of rotatable bonds is 5. The van der Waals surface area contributed by atoms with Crippen LogP contribution >= 0.6 is 23.5 Å². The summed E-state index contributed by atoms with van der Waals surface area (Å²) >= 11 is 2.87. The molecule has 0 radical (unpaired) electrons. The topological polar surface area (TPSA) is 64.0 Å². The molecule has 1 amide bonds. The van der Waals surface area contributed by atoms with E-state index in [2.05, 4.69) is 12.2 Å². The van der Waals surface area contributed by atoms with Crippen molar-refractivity contribution < 1.29 is 9.18 Å². The summed E-state index contributed by atoms with van der Waals surface area (Å²) in [5.41, 5.74) is 1.04. The van der Waals surface area contributed by atoms with E-state index in [-0.39, 0.29) is 28.9 Å². The first-order valence-electron chi connectivity index (χ1n) is 10.0. The van der Waals surface area contributed by atoms with Gasteiger partial charge in [0.05, 0.1) is 22.0 Å². The summed E-state index contributed by atoms with van der Waals surface area (Å²) in [7, 11) is 0. The highest BCUT2D eigenvalue weighted by Gasteiger charge is 2.29. The Bertz CT molecular complexity index is 973. The van der Waals surface area contributed by atoms with E-state index in [1.807, 2.05) is 4.57 Å². The maximum absolute atomic E-state index is 13.8. The molecular formula is C21H24FN3O2S2. The largest absolute Gasteiger partial charge is 0.323 e. The number of anilines is 1. The lowest BCUT2D eigenvalue weighted by molar-refractivity contribution is -0.113. The number of carbonyl (C=O) groups excluding carboxylic acids is 1. The number of aromatic nitrogens is 2. The molecule has 1 aromatic carbocycles. The Morgan fingerprint density at radius 2 is 2.07 bits per heavy atom. The molecule has 1 aromatic heterocycles. The van der Waals surface area contributed by atoms with Crippen molar-refractivity contribution in [3.05, 3.63) is 46.1 Å². The van der Waals surface area contributed by atoms with E-state index in [1.54, 1.807) is 23.9 Å². The van der Waals surface area contributed by atoms with E-state index >= 15 is 0 Å². The lowest BCUT2D eigenvalue weighted by Gasteiger charge is -2.26. The van der Waals surface area contributed by atoms with Crippen LogP contribution in [0.2, 0.25) is 0 Å². The van der Waals surface area contributed by atoms with E-state index in [4.69, 9.17) is 4.98 Å². The third kappa shape index (κ3) is 4.53. The Balaban J connectivity index is 1.56. The smallest absolute Gasteiger partial charge is 0.268 e. The molecule has 0 saturated heterocycles. The first kappa shape index (κ1) is 20.5. The first-order chi connectivity index (χ1) is 14.0. The fourth-order valence-electron chi connectivity index (χ4n) is 3.95. The van der Waals surface area contributed by atoms with Gasteiger partial charge in [-0.15, -0.1) is 11.8 Å². The quantitative estimate of drug-likeness (QED) is 0.549. The Morgan fingerprint density at radius 1 is 1.31 bits per heavy atom. The number of benzene rings is 1. The average Bonchev–Trinajstić information content (AvgIpc) is 3.09. The highest BCUT2D eigenvalue weighted by molar-refractivity contribution is 8.00. The fourth-order valence-corrected chi connectivity index (χ4v) is 5.94. The molecule has 1 unspecified atom stereocenters. The van der Waals surface area contributed by atoms with Crippen LogP contribution in [0.4, 0.5) is 10.1 Å². The van der Waals surface area contributed by atoms with E-state index < -0.39 is 5.82 Å². The third-order valence-corrected chi connectivity index (χ3v) is 7.50. The number of thioether (sulfide) groups is 2. The zero-order valence-electron chi connectivity index (χ0n) is 16.3. The van der Waals surface area contributed by atoms with Crippen molar-refractivity contribution in [3.8, 4) is 0 Å². The van der Waals surface area contributed by atoms with Crippen LogP contribution in [0.1, 0.15) is 50.8 Å². The Labute approximate surface area is 177 Å². The van der Waals surface area contributed by atoms with Gasteiger partial charge in [0, 0.05) is 17.7 Å². The molecule has 1 aliphatic heterocycles. The van der Waals surface area contributed by atoms with Gasteiger partial charge < -0.3 is 5.32 Å². The van der Waals surface area contributed by atoms with Crippen molar-refractivity contribution >= 4 is 35.1 Å². The molecule has 29 heavy (non-hydrogen) atoms. The number of nitrogens with zero attached hydrogens (tertiary/aromatic N) is 2. The molecule has 4 rings (SSSR count). The predicted molar refractivity (Wildman–Crippen MR) is 115 cm³/mol. The number of para-hydroxylation sites is 1. The minimum Gasteiger partial charge on any atom is -0.323 e. The summed E-state index contributed by atoms with van der Waals surface area (Å²) in [6, 6.07) is 6.23. The lowest BCUT2D eigenvalue weighted by atomic mass is 9.95. The molecule has 8 heteroatoms. The predicted octanol–water partition coefficient (Wildman–Crippen LogP) is 4.66. The molecule has 0 spiro atoms. The standard InChI is InChI=1S/C21H24FN3O2S2/c1-13-11-17-19(29-13)20(27)25(14-7-3-2-4-8-14)21(24-17)28-12-18(26)23-16-10-6-5-9-15(16)22/h5-6,9-10,13-14H,2-4,7-8,11-12H2,1H3,(H,23,26). The molecule has 1 saturated carbocycles. The summed E-state index contributed by atoms with van der Waals surface area (Å²) in [6.45, 7) is 2.10. The van der Waals surface area contributed by atoms with Crippen molar-refractivity contribution in [2.45, 2.75) is 66.8 Å². The molecule has 1 atom stereocenters. The van der Waals surface area contributed by atoms with Gasteiger partial charge in [0.15, 0.2) is 5.16 Å². The summed E-state index contributed by atoms with van der Waals surface area (Å²) in [5, 5.41) is 3.55. The van der Waals surface area contributed by atoms with Crippen LogP contribution in [0.25, 0.3) is 0 Å². The molecule has 1 N–H and O–H groups in total. The van der Waals surface area contributed by atoms with Crippen LogP contribution in [0.5, 0.6) is 0 Å². The molecular weight excluding hydrogens is 409 g/mol. The number of carbonyl (C=O) groups is 1. The lowest BCUT2D eigenvalue weighted by Crippen LogP contribution is -2.30. The highest BCUT2D eigenvalue weighted by Crippen LogP contribution is 2.37. The Hall–Kier alpha value is -1.80. The maximum atomic E-state index is 13.8. The van der Waals surface area contributed by atoms with Crippen molar-refractivity contribution in [2.24, 2.45) is 0 Å². The van der Waals surface area contributed by atoms with Gasteiger partial charge in [0.25, 0.3) is 5.56 Å². The van der Waals surface area contributed by atoms with Gasteiger partial charge >= 0.3 is 0 Å². The molecule has 0 bridgehead atoms. The zero-order valence-corrected chi connectivity index (χ0v) is 18.0. The molecule has 154 valence electrons. The Morgan fingerprint density at radius 3 is 2.83 bits per heavy atom. The van der Waals surface area contributed by atoms with Crippen molar-refractivity contribution in [2.75, 3.05) is 11.1 Å². The number of nitrogens with one attached hydrogen (secondary N) is 1.